The van der Waals surface area contributed by atoms with Gasteiger partial charge in [0.15, 0.2) is 0 Å². The Morgan fingerprint density at radius 3 is 2.77 bits per heavy atom. The summed E-state index contributed by atoms with van der Waals surface area (Å²) in [5.74, 6) is -0.138. The summed E-state index contributed by atoms with van der Waals surface area (Å²) < 4.78 is 4.50. The Bertz CT molecular complexity index is 216. The van der Waals surface area contributed by atoms with E-state index in [9.17, 15) is 9.59 Å². The first-order valence-electron chi connectivity index (χ1n) is 4.18. The van der Waals surface area contributed by atoms with E-state index in [1.54, 1.807) is 0 Å². The number of hydrogen-bond donors (Lipinski definition) is 1. The highest BCUT2D eigenvalue weighted by molar-refractivity contribution is 5.70. The molecule has 1 atom stereocenters. The lowest BCUT2D eigenvalue weighted by Gasteiger charge is -2.10. The predicted octanol–water partition coefficient (Wildman–Crippen LogP) is 0.549. The summed E-state index contributed by atoms with van der Waals surface area (Å²) in [6, 6.07) is 0. The number of esters is 1. The van der Waals surface area contributed by atoms with Gasteiger partial charge in [-0.1, -0.05) is 0 Å². The number of carboxylic acid groups (broad SMARTS) is 1. The van der Waals surface area contributed by atoms with Crippen molar-refractivity contribution in [2.45, 2.75) is 12.8 Å². The number of nitrogens with zero attached hydrogens (tertiary/aromatic N) is 1. The van der Waals surface area contributed by atoms with Crippen molar-refractivity contribution in [2.24, 2.45) is 5.92 Å². The summed E-state index contributed by atoms with van der Waals surface area (Å²) in [7, 11) is 1.34. The number of likely N-dealkylation sites (tertiary alicyclic amines) is 1. The predicted molar refractivity (Wildman–Crippen MR) is 44.3 cm³/mol. The van der Waals surface area contributed by atoms with Crippen LogP contribution in [0.1, 0.15) is 12.8 Å². The first-order chi connectivity index (χ1) is 6.13. The second-order valence-corrected chi connectivity index (χ2v) is 3.16. The van der Waals surface area contributed by atoms with E-state index in [-0.39, 0.29) is 11.9 Å². The molecule has 0 radical (unpaired) electrons. The van der Waals surface area contributed by atoms with Crippen LogP contribution in [0, 0.1) is 5.92 Å². The van der Waals surface area contributed by atoms with E-state index in [2.05, 4.69) is 4.74 Å². The summed E-state index contributed by atoms with van der Waals surface area (Å²) >= 11 is 0. The van der Waals surface area contributed by atoms with Crippen LogP contribution in [-0.4, -0.2) is 42.3 Å². The van der Waals surface area contributed by atoms with Crippen molar-refractivity contribution in [1.82, 2.24) is 4.90 Å². The molecule has 1 amide bonds. The largest absolute Gasteiger partial charge is 0.469 e. The third-order valence-electron chi connectivity index (χ3n) is 2.24. The van der Waals surface area contributed by atoms with Gasteiger partial charge in [-0.15, -0.1) is 0 Å². The molecule has 0 spiro atoms. The number of rotatable bonds is 2. The number of hydrogen-bond acceptors (Lipinski definition) is 3. The van der Waals surface area contributed by atoms with Crippen LogP contribution >= 0.6 is 0 Å². The average molecular weight is 187 g/mol. The van der Waals surface area contributed by atoms with Crippen molar-refractivity contribution < 1.29 is 19.4 Å². The van der Waals surface area contributed by atoms with Gasteiger partial charge >= 0.3 is 12.1 Å². The maximum Gasteiger partial charge on any atom is 0.407 e. The molecule has 0 aliphatic carbocycles. The van der Waals surface area contributed by atoms with E-state index in [1.807, 2.05) is 0 Å². The van der Waals surface area contributed by atoms with E-state index in [0.29, 0.717) is 19.5 Å². The van der Waals surface area contributed by atoms with Crippen molar-refractivity contribution in [3.8, 4) is 0 Å². The molecule has 1 fully saturated rings. The van der Waals surface area contributed by atoms with Gasteiger partial charge < -0.3 is 14.7 Å². The molecule has 1 N–H and O–H groups in total. The summed E-state index contributed by atoms with van der Waals surface area (Å²) in [4.78, 5) is 22.7. The molecule has 0 saturated carbocycles. The molecule has 1 heterocycles. The molecule has 5 heteroatoms. The van der Waals surface area contributed by atoms with Gasteiger partial charge in [-0.3, -0.25) is 4.79 Å². The fraction of sp³-hybridized carbons (Fsp3) is 0.750. The second kappa shape index (κ2) is 4.11. The van der Waals surface area contributed by atoms with Crippen LogP contribution in [0.3, 0.4) is 0 Å². The third-order valence-corrected chi connectivity index (χ3v) is 2.24. The van der Waals surface area contributed by atoms with Gasteiger partial charge in [0.25, 0.3) is 0 Å². The summed E-state index contributed by atoms with van der Waals surface area (Å²) in [6.07, 6.45) is 0.161. The number of carbonyl (C=O) groups is 2. The SMILES string of the molecule is COC(=O)CC1CCN(C(=O)O)C1. The third kappa shape index (κ3) is 2.61. The van der Waals surface area contributed by atoms with Gasteiger partial charge in [-0.2, -0.15) is 0 Å². The van der Waals surface area contributed by atoms with Crippen LogP contribution in [0.25, 0.3) is 0 Å². The van der Waals surface area contributed by atoms with Crippen LogP contribution in [0.5, 0.6) is 0 Å². The zero-order valence-electron chi connectivity index (χ0n) is 7.52. The molecule has 1 unspecified atom stereocenters. The number of ether oxygens (including phenoxy) is 1. The Morgan fingerprint density at radius 2 is 2.31 bits per heavy atom. The minimum Gasteiger partial charge on any atom is -0.469 e. The zero-order chi connectivity index (χ0) is 9.84. The van der Waals surface area contributed by atoms with Gasteiger partial charge in [-0.25, -0.2) is 4.79 Å². The first kappa shape index (κ1) is 9.83. The van der Waals surface area contributed by atoms with Gasteiger partial charge in [0.1, 0.15) is 0 Å². The smallest absolute Gasteiger partial charge is 0.407 e. The normalized spacial score (nSPS) is 21.6. The van der Waals surface area contributed by atoms with Crippen LogP contribution in [0.15, 0.2) is 0 Å². The maximum atomic E-state index is 10.9. The van der Waals surface area contributed by atoms with Crippen molar-refractivity contribution in [3.63, 3.8) is 0 Å². The Kier molecular flexibility index (Phi) is 3.11. The molecule has 0 aromatic rings. The van der Waals surface area contributed by atoms with Gasteiger partial charge in [0, 0.05) is 13.1 Å². The van der Waals surface area contributed by atoms with Crippen molar-refractivity contribution in [3.05, 3.63) is 0 Å². The molecule has 13 heavy (non-hydrogen) atoms. The lowest BCUT2D eigenvalue weighted by atomic mass is 10.1. The van der Waals surface area contributed by atoms with Crippen LogP contribution < -0.4 is 0 Å². The van der Waals surface area contributed by atoms with Gasteiger partial charge in [0.05, 0.1) is 13.5 Å². The molecular weight excluding hydrogens is 174 g/mol. The Morgan fingerprint density at radius 1 is 1.62 bits per heavy atom. The molecule has 0 aromatic heterocycles. The molecule has 1 saturated heterocycles. The van der Waals surface area contributed by atoms with Crippen molar-refractivity contribution >= 4 is 12.1 Å². The van der Waals surface area contributed by atoms with E-state index < -0.39 is 6.09 Å². The highest BCUT2D eigenvalue weighted by atomic mass is 16.5. The summed E-state index contributed by atoms with van der Waals surface area (Å²) in [6.45, 7) is 0.974. The van der Waals surface area contributed by atoms with E-state index in [1.165, 1.54) is 12.0 Å². The fourth-order valence-corrected chi connectivity index (χ4v) is 1.49. The van der Waals surface area contributed by atoms with Crippen LogP contribution in [0.2, 0.25) is 0 Å². The number of amides is 1. The van der Waals surface area contributed by atoms with Gasteiger partial charge in [0.2, 0.25) is 0 Å². The molecule has 1 aliphatic rings. The monoisotopic (exact) mass is 187 g/mol. The molecule has 74 valence electrons. The van der Waals surface area contributed by atoms with Crippen LogP contribution in [-0.2, 0) is 9.53 Å². The minimum absolute atomic E-state index is 0.128. The summed E-state index contributed by atoms with van der Waals surface area (Å²) in [5, 5.41) is 8.63. The average Bonchev–Trinajstić information content (AvgIpc) is 2.52. The first-order valence-corrected chi connectivity index (χ1v) is 4.18. The molecule has 0 bridgehead atoms. The highest BCUT2D eigenvalue weighted by Crippen LogP contribution is 2.19. The maximum absolute atomic E-state index is 10.9. The van der Waals surface area contributed by atoms with Crippen molar-refractivity contribution in [2.75, 3.05) is 20.2 Å². The second-order valence-electron chi connectivity index (χ2n) is 3.16. The molecule has 0 aromatic carbocycles. The fourth-order valence-electron chi connectivity index (χ4n) is 1.49. The Labute approximate surface area is 76.3 Å². The van der Waals surface area contributed by atoms with Gasteiger partial charge in [-0.05, 0) is 12.3 Å². The Balaban J connectivity index is 2.33. The lowest BCUT2D eigenvalue weighted by molar-refractivity contribution is -0.141. The van der Waals surface area contributed by atoms with E-state index in [4.69, 9.17) is 5.11 Å². The van der Waals surface area contributed by atoms with Crippen molar-refractivity contribution in [1.29, 1.82) is 0 Å². The Hall–Kier alpha value is -1.26. The lowest BCUT2D eigenvalue weighted by Crippen LogP contribution is -2.27. The highest BCUT2D eigenvalue weighted by Gasteiger charge is 2.27. The molecule has 1 rings (SSSR count). The molecular formula is C8H13NO4. The van der Waals surface area contributed by atoms with E-state index in [0.717, 1.165) is 6.42 Å². The van der Waals surface area contributed by atoms with Crippen LogP contribution in [0.4, 0.5) is 4.79 Å². The topological polar surface area (TPSA) is 66.8 Å². The number of methoxy groups -OCH3 is 1. The zero-order valence-corrected chi connectivity index (χ0v) is 7.52. The standard InChI is InChI=1S/C8H13NO4/c1-13-7(10)4-6-2-3-9(5-6)8(11)12/h6H,2-5H2,1H3,(H,11,12). The minimum atomic E-state index is -0.910. The summed E-state index contributed by atoms with van der Waals surface area (Å²) in [5.41, 5.74) is 0. The molecule has 5 nitrogen and oxygen atoms in total. The molecule has 1 aliphatic heterocycles. The quantitative estimate of drug-likeness (QED) is 0.641. The van der Waals surface area contributed by atoms with E-state index >= 15 is 0 Å². The number of carbonyl (C=O) groups excluding carboxylic acids is 1.